The number of carbonyl (C=O) groups excluding carboxylic acids is 1. The van der Waals surface area contributed by atoms with Crippen molar-refractivity contribution < 1.29 is 9.90 Å². The molecular formula is C17H22N4O2. The van der Waals surface area contributed by atoms with Crippen molar-refractivity contribution in [3.8, 4) is 0 Å². The lowest BCUT2D eigenvalue weighted by Gasteiger charge is -2.46. The molecule has 0 bridgehead atoms. The Labute approximate surface area is 135 Å². The Hall–Kier alpha value is -2.21. The molecule has 3 rings (SSSR count). The highest BCUT2D eigenvalue weighted by Crippen LogP contribution is 2.31. The van der Waals surface area contributed by atoms with Crippen molar-refractivity contribution in [3.63, 3.8) is 0 Å². The summed E-state index contributed by atoms with van der Waals surface area (Å²) in [5.74, 6) is 1.38. The van der Waals surface area contributed by atoms with Crippen molar-refractivity contribution in [2.24, 2.45) is 0 Å². The summed E-state index contributed by atoms with van der Waals surface area (Å²) in [4.78, 5) is 22.3. The highest BCUT2D eigenvalue weighted by atomic mass is 16.3. The Morgan fingerprint density at radius 3 is 2.83 bits per heavy atom. The van der Waals surface area contributed by atoms with Crippen LogP contribution in [0.1, 0.15) is 37.6 Å². The maximum Gasteiger partial charge on any atom is 0.224 e. The van der Waals surface area contributed by atoms with Crippen LogP contribution in [0.5, 0.6) is 0 Å². The lowest BCUT2D eigenvalue weighted by Crippen LogP contribution is -2.61. The molecule has 1 aliphatic rings. The van der Waals surface area contributed by atoms with Crippen LogP contribution in [0.2, 0.25) is 0 Å². The fourth-order valence-corrected chi connectivity index (χ4v) is 2.97. The maximum absolute atomic E-state index is 12.3. The summed E-state index contributed by atoms with van der Waals surface area (Å²) >= 11 is 0. The van der Waals surface area contributed by atoms with Crippen molar-refractivity contribution in [2.45, 2.75) is 38.3 Å². The van der Waals surface area contributed by atoms with Crippen molar-refractivity contribution in [3.05, 3.63) is 48.3 Å². The van der Waals surface area contributed by atoms with E-state index in [4.69, 9.17) is 0 Å². The minimum atomic E-state index is -0.956. The molecule has 2 aromatic rings. The van der Waals surface area contributed by atoms with Crippen LogP contribution < -0.4 is 0 Å². The summed E-state index contributed by atoms with van der Waals surface area (Å²) in [6.45, 7) is 5.46. The van der Waals surface area contributed by atoms with E-state index >= 15 is 0 Å². The maximum atomic E-state index is 12.3. The number of imidazole rings is 1. The van der Waals surface area contributed by atoms with Gasteiger partial charge in [0, 0.05) is 49.2 Å². The van der Waals surface area contributed by atoms with Gasteiger partial charge in [-0.25, -0.2) is 4.98 Å². The Kier molecular flexibility index (Phi) is 4.17. The van der Waals surface area contributed by atoms with E-state index in [0.717, 1.165) is 11.4 Å². The van der Waals surface area contributed by atoms with Gasteiger partial charge in [0.2, 0.25) is 5.91 Å². The van der Waals surface area contributed by atoms with Gasteiger partial charge in [-0.15, -0.1) is 0 Å². The first-order valence-corrected chi connectivity index (χ1v) is 7.91. The SMILES string of the molecule is CC(C)c1nccn1CCC(=O)N1CC(O)(c2cccnc2)C1. The van der Waals surface area contributed by atoms with Crippen molar-refractivity contribution in [2.75, 3.05) is 13.1 Å². The molecular weight excluding hydrogens is 292 g/mol. The smallest absolute Gasteiger partial charge is 0.224 e. The molecule has 0 atom stereocenters. The summed E-state index contributed by atoms with van der Waals surface area (Å²) in [6.07, 6.45) is 7.42. The van der Waals surface area contributed by atoms with Crippen LogP contribution in [-0.2, 0) is 16.9 Å². The summed E-state index contributed by atoms with van der Waals surface area (Å²) in [5, 5.41) is 10.5. The number of pyridine rings is 1. The van der Waals surface area contributed by atoms with Gasteiger partial charge in [0.15, 0.2) is 0 Å². The van der Waals surface area contributed by atoms with E-state index in [1.807, 2.05) is 16.8 Å². The number of carbonyl (C=O) groups is 1. The number of likely N-dealkylation sites (tertiary alicyclic amines) is 1. The molecule has 122 valence electrons. The zero-order valence-electron chi connectivity index (χ0n) is 13.5. The second kappa shape index (κ2) is 6.12. The van der Waals surface area contributed by atoms with Crippen LogP contribution in [-0.4, -0.2) is 43.5 Å². The van der Waals surface area contributed by atoms with Gasteiger partial charge in [0.1, 0.15) is 11.4 Å². The first-order chi connectivity index (χ1) is 11.0. The number of amides is 1. The summed E-state index contributed by atoms with van der Waals surface area (Å²) in [5.41, 5.74) is -0.192. The van der Waals surface area contributed by atoms with Gasteiger partial charge < -0.3 is 14.6 Å². The average Bonchev–Trinajstić information content (AvgIpc) is 2.99. The first-order valence-electron chi connectivity index (χ1n) is 7.91. The Bertz CT molecular complexity index is 675. The van der Waals surface area contributed by atoms with Crippen LogP contribution in [0.4, 0.5) is 0 Å². The van der Waals surface area contributed by atoms with Crippen LogP contribution in [0.3, 0.4) is 0 Å². The number of hydrogen-bond donors (Lipinski definition) is 1. The molecule has 0 aromatic carbocycles. The molecule has 0 spiro atoms. The van der Waals surface area contributed by atoms with E-state index in [9.17, 15) is 9.90 Å². The third-order valence-corrected chi connectivity index (χ3v) is 4.29. The molecule has 23 heavy (non-hydrogen) atoms. The van der Waals surface area contributed by atoms with Gasteiger partial charge in [0.25, 0.3) is 0 Å². The van der Waals surface area contributed by atoms with Gasteiger partial charge >= 0.3 is 0 Å². The molecule has 6 nitrogen and oxygen atoms in total. The fourth-order valence-electron chi connectivity index (χ4n) is 2.97. The predicted molar refractivity (Wildman–Crippen MR) is 85.6 cm³/mol. The zero-order valence-corrected chi connectivity index (χ0v) is 13.5. The Morgan fingerprint density at radius 1 is 1.39 bits per heavy atom. The van der Waals surface area contributed by atoms with Crippen LogP contribution in [0, 0.1) is 0 Å². The minimum Gasteiger partial charge on any atom is -0.381 e. The van der Waals surface area contributed by atoms with E-state index in [2.05, 4.69) is 23.8 Å². The number of aromatic nitrogens is 3. The van der Waals surface area contributed by atoms with E-state index in [1.165, 1.54) is 0 Å². The number of nitrogens with zero attached hydrogens (tertiary/aromatic N) is 4. The molecule has 2 aromatic heterocycles. The summed E-state index contributed by atoms with van der Waals surface area (Å²) in [6, 6.07) is 3.64. The summed E-state index contributed by atoms with van der Waals surface area (Å²) in [7, 11) is 0. The van der Waals surface area contributed by atoms with E-state index in [0.29, 0.717) is 32.0 Å². The topological polar surface area (TPSA) is 71.2 Å². The molecule has 0 aliphatic carbocycles. The third-order valence-electron chi connectivity index (χ3n) is 4.29. The normalized spacial score (nSPS) is 16.4. The van der Waals surface area contributed by atoms with Gasteiger partial charge in [-0.1, -0.05) is 19.9 Å². The molecule has 1 fully saturated rings. The molecule has 1 N–H and O–H groups in total. The first kappa shape index (κ1) is 15.7. The molecule has 1 saturated heterocycles. The molecule has 0 radical (unpaired) electrons. The summed E-state index contributed by atoms with van der Waals surface area (Å²) < 4.78 is 2.02. The van der Waals surface area contributed by atoms with Crippen molar-refractivity contribution in [1.82, 2.24) is 19.4 Å². The molecule has 1 amide bonds. The van der Waals surface area contributed by atoms with Gasteiger partial charge in [-0.2, -0.15) is 0 Å². The number of aliphatic hydroxyl groups is 1. The quantitative estimate of drug-likeness (QED) is 0.908. The molecule has 1 aliphatic heterocycles. The molecule has 6 heteroatoms. The third kappa shape index (κ3) is 3.12. The number of rotatable bonds is 5. The van der Waals surface area contributed by atoms with Crippen LogP contribution in [0.15, 0.2) is 36.9 Å². The van der Waals surface area contributed by atoms with E-state index in [-0.39, 0.29) is 5.91 Å². The second-order valence-electron chi connectivity index (χ2n) is 6.41. The lowest BCUT2D eigenvalue weighted by molar-refractivity contribution is -0.157. The zero-order chi connectivity index (χ0) is 16.4. The molecule has 0 saturated carbocycles. The predicted octanol–water partition coefficient (Wildman–Crippen LogP) is 1.52. The van der Waals surface area contributed by atoms with E-state index in [1.54, 1.807) is 29.6 Å². The standard InChI is InChI=1S/C17H22N4O2/c1-13(2)16-19-7-9-20(16)8-5-15(22)21-11-17(23,12-21)14-4-3-6-18-10-14/h3-4,6-7,9-10,13,23H,5,8,11-12H2,1-2H3. The molecule has 3 heterocycles. The number of aryl methyl sites for hydroxylation is 1. The fraction of sp³-hybridized carbons (Fsp3) is 0.471. The second-order valence-corrected chi connectivity index (χ2v) is 6.41. The van der Waals surface area contributed by atoms with Crippen LogP contribution in [0.25, 0.3) is 0 Å². The van der Waals surface area contributed by atoms with Crippen molar-refractivity contribution in [1.29, 1.82) is 0 Å². The van der Waals surface area contributed by atoms with Gasteiger partial charge in [-0.05, 0) is 6.07 Å². The number of β-amino-alcohol motifs (C(OH)–C–C–N with tert-alkyl or cyclic N) is 1. The van der Waals surface area contributed by atoms with Gasteiger partial charge in [0.05, 0.1) is 13.1 Å². The highest BCUT2D eigenvalue weighted by Gasteiger charge is 2.44. The monoisotopic (exact) mass is 314 g/mol. The van der Waals surface area contributed by atoms with Crippen molar-refractivity contribution >= 4 is 5.91 Å². The van der Waals surface area contributed by atoms with Gasteiger partial charge in [-0.3, -0.25) is 9.78 Å². The number of hydrogen-bond acceptors (Lipinski definition) is 4. The Morgan fingerprint density at radius 2 is 2.17 bits per heavy atom. The highest BCUT2D eigenvalue weighted by molar-refractivity contribution is 5.77. The minimum absolute atomic E-state index is 0.0574. The average molecular weight is 314 g/mol. The molecule has 0 unspecified atom stereocenters. The van der Waals surface area contributed by atoms with E-state index < -0.39 is 5.60 Å². The largest absolute Gasteiger partial charge is 0.381 e. The van der Waals surface area contributed by atoms with Crippen LogP contribution >= 0.6 is 0 Å². The lowest BCUT2D eigenvalue weighted by atomic mass is 9.87. The Balaban J connectivity index is 1.54.